The highest BCUT2D eigenvalue weighted by Crippen LogP contribution is 2.61. The van der Waals surface area contributed by atoms with Crippen LogP contribution in [0, 0.1) is 23.2 Å². The van der Waals surface area contributed by atoms with Gasteiger partial charge in [-0.2, -0.15) is 0 Å². The van der Waals surface area contributed by atoms with Gasteiger partial charge in [-0.3, -0.25) is 14.7 Å². The molecule has 4 bridgehead atoms. The Morgan fingerprint density at radius 2 is 1.49 bits per heavy atom. The summed E-state index contributed by atoms with van der Waals surface area (Å²) in [6.45, 7) is 10.6. The van der Waals surface area contributed by atoms with Crippen LogP contribution in [0.5, 0.6) is 0 Å². The van der Waals surface area contributed by atoms with Crippen LogP contribution in [0.15, 0.2) is 30.5 Å². The van der Waals surface area contributed by atoms with Crippen LogP contribution < -0.4 is 10.2 Å². The van der Waals surface area contributed by atoms with E-state index >= 15 is 0 Å². The van der Waals surface area contributed by atoms with E-state index in [0.717, 1.165) is 37.0 Å². The van der Waals surface area contributed by atoms with Crippen LogP contribution in [-0.2, 0) is 14.3 Å². The molecule has 246 valence electrons. The number of nitrogens with one attached hydrogen (secondary N) is 1. The number of benzene rings is 1. The molecule has 4 fully saturated rings. The number of rotatable bonds is 9. The molecule has 0 radical (unpaired) electrons. The fourth-order valence-corrected chi connectivity index (χ4v) is 8.12. The number of anilines is 2. The van der Waals surface area contributed by atoms with Crippen LogP contribution in [0.3, 0.4) is 0 Å². The quantitative estimate of drug-likeness (QED) is 0.317. The number of aliphatic hydroxyl groups is 1. The Morgan fingerprint density at radius 3 is 2.07 bits per heavy atom. The Kier molecular flexibility index (Phi) is 9.36. The molecular formula is C35H50N4O6. The van der Waals surface area contributed by atoms with E-state index in [-0.39, 0.29) is 37.6 Å². The van der Waals surface area contributed by atoms with Crippen molar-refractivity contribution in [3.05, 3.63) is 30.5 Å². The predicted molar refractivity (Wildman–Crippen MR) is 174 cm³/mol. The van der Waals surface area contributed by atoms with Crippen molar-refractivity contribution in [1.29, 1.82) is 0 Å². The summed E-state index contributed by atoms with van der Waals surface area (Å²) in [5.41, 5.74) is 0.311. The van der Waals surface area contributed by atoms with Gasteiger partial charge in [0.15, 0.2) is 0 Å². The van der Waals surface area contributed by atoms with Crippen LogP contribution >= 0.6 is 0 Å². The first-order valence-corrected chi connectivity index (χ1v) is 16.4. The maximum Gasteiger partial charge on any atom is 0.414 e. The van der Waals surface area contributed by atoms with Crippen molar-refractivity contribution in [3.8, 4) is 0 Å². The largest absolute Gasteiger partial charge is 0.444 e. The van der Waals surface area contributed by atoms with Gasteiger partial charge in [0.2, 0.25) is 5.91 Å². The molecule has 4 aliphatic rings. The topological polar surface area (TPSA) is 121 Å². The minimum absolute atomic E-state index is 0.0239. The zero-order valence-electron chi connectivity index (χ0n) is 27.7. The maximum atomic E-state index is 13.6. The number of ether oxygens (including phenoxy) is 2. The maximum absolute atomic E-state index is 13.6. The van der Waals surface area contributed by atoms with Gasteiger partial charge in [0.1, 0.15) is 11.2 Å². The third kappa shape index (κ3) is 8.07. The summed E-state index contributed by atoms with van der Waals surface area (Å²) in [5, 5.41) is 13.5. The minimum atomic E-state index is -0.764. The summed E-state index contributed by atoms with van der Waals surface area (Å²) in [5.74, 6) is 2.35. The molecule has 0 spiro atoms. The van der Waals surface area contributed by atoms with Gasteiger partial charge >= 0.3 is 12.2 Å². The predicted octanol–water partition coefficient (Wildman–Crippen LogP) is 6.75. The molecule has 0 saturated heterocycles. The van der Waals surface area contributed by atoms with Crippen molar-refractivity contribution in [1.82, 2.24) is 9.88 Å². The monoisotopic (exact) mass is 622 g/mol. The Hall–Kier alpha value is -3.40. The number of fused-ring (bicyclic) bond motifs is 1. The van der Waals surface area contributed by atoms with E-state index in [4.69, 9.17) is 9.47 Å². The number of nitrogens with zero attached hydrogens (tertiary/aromatic N) is 3. The molecule has 45 heavy (non-hydrogen) atoms. The average Bonchev–Trinajstić information content (AvgIpc) is 2.90. The highest BCUT2D eigenvalue weighted by atomic mass is 16.6. The van der Waals surface area contributed by atoms with E-state index in [0.29, 0.717) is 28.7 Å². The lowest BCUT2D eigenvalue weighted by Crippen LogP contribution is -2.47. The lowest BCUT2D eigenvalue weighted by Gasteiger charge is -2.56. The molecule has 6 rings (SSSR count). The molecule has 1 heterocycles. The molecule has 10 nitrogen and oxygen atoms in total. The van der Waals surface area contributed by atoms with Gasteiger partial charge in [-0.15, -0.1) is 0 Å². The molecule has 4 saturated carbocycles. The SMILES string of the molecule is CC(C)(C)OC(=O)N(CCO)CCN(C(=O)OC(C)(C)C)c1ccc(NC(=O)CC23CC4CC(CC(C4)C2)C3)c2cccnc12. The number of carbonyl (C=O) groups excluding carboxylic acids is 3. The molecule has 0 aliphatic heterocycles. The fraction of sp³-hybridized carbons (Fsp3) is 0.657. The van der Waals surface area contributed by atoms with Crippen molar-refractivity contribution in [3.63, 3.8) is 0 Å². The summed E-state index contributed by atoms with van der Waals surface area (Å²) in [4.78, 5) is 47.5. The zero-order valence-corrected chi connectivity index (χ0v) is 27.7. The minimum Gasteiger partial charge on any atom is -0.444 e. The first-order chi connectivity index (χ1) is 21.1. The van der Waals surface area contributed by atoms with E-state index in [1.807, 2.05) is 18.2 Å². The number of hydrogen-bond donors (Lipinski definition) is 2. The van der Waals surface area contributed by atoms with Gasteiger partial charge in [0, 0.05) is 37.6 Å². The van der Waals surface area contributed by atoms with E-state index < -0.39 is 23.4 Å². The van der Waals surface area contributed by atoms with E-state index in [1.165, 1.54) is 29.1 Å². The second-order valence-corrected chi connectivity index (χ2v) is 15.5. The zero-order chi connectivity index (χ0) is 32.6. The van der Waals surface area contributed by atoms with E-state index in [1.54, 1.807) is 53.8 Å². The highest BCUT2D eigenvalue weighted by Gasteiger charge is 2.51. The van der Waals surface area contributed by atoms with Gasteiger partial charge in [0.05, 0.1) is 23.5 Å². The number of amides is 3. The van der Waals surface area contributed by atoms with Gasteiger partial charge in [-0.05, 0) is 128 Å². The van der Waals surface area contributed by atoms with Gasteiger partial charge in [-0.1, -0.05) is 0 Å². The van der Waals surface area contributed by atoms with Crippen LogP contribution in [-0.4, -0.2) is 70.5 Å². The van der Waals surface area contributed by atoms with Crippen LogP contribution in [0.4, 0.5) is 21.0 Å². The summed E-state index contributed by atoms with van der Waals surface area (Å²) in [6.07, 6.45) is 8.50. The van der Waals surface area contributed by atoms with Crippen molar-refractivity contribution in [2.24, 2.45) is 23.2 Å². The lowest BCUT2D eigenvalue weighted by molar-refractivity contribution is -0.124. The molecular weight excluding hydrogens is 572 g/mol. The standard InChI is InChI=1S/C35H50N4O6/c1-33(2,3)44-31(42)38(14-15-40)12-13-39(32(43)45-34(4,5)6)28-10-9-27(26-8-7-11-36-30(26)28)37-29(41)22-35-19-23-16-24(20-35)18-25(17-23)21-35/h7-11,23-25,40H,12-22H2,1-6H3,(H,37,41). The van der Waals surface area contributed by atoms with Gasteiger partial charge in [0.25, 0.3) is 0 Å². The average molecular weight is 623 g/mol. The smallest absolute Gasteiger partial charge is 0.414 e. The molecule has 10 heteroatoms. The van der Waals surface area contributed by atoms with Gasteiger partial charge in [-0.25, -0.2) is 9.59 Å². The highest BCUT2D eigenvalue weighted by molar-refractivity contribution is 6.07. The van der Waals surface area contributed by atoms with Crippen molar-refractivity contribution in [2.45, 2.75) is 97.7 Å². The summed E-state index contributed by atoms with van der Waals surface area (Å²) >= 11 is 0. The Labute approximate surface area is 266 Å². The molecule has 2 N–H and O–H groups in total. The van der Waals surface area contributed by atoms with Crippen molar-refractivity contribution >= 4 is 40.4 Å². The first-order valence-electron chi connectivity index (χ1n) is 16.4. The number of pyridine rings is 1. The molecule has 0 atom stereocenters. The Balaban J connectivity index is 1.39. The van der Waals surface area contributed by atoms with Crippen LogP contribution in [0.1, 0.15) is 86.5 Å². The molecule has 2 aromatic rings. The second kappa shape index (κ2) is 12.8. The third-order valence-electron chi connectivity index (χ3n) is 9.24. The van der Waals surface area contributed by atoms with Crippen molar-refractivity contribution in [2.75, 3.05) is 36.5 Å². The molecule has 1 aromatic carbocycles. The van der Waals surface area contributed by atoms with Crippen LogP contribution in [0.25, 0.3) is 10.9 Å². The van der Waals surface area contributed by atoms with Gasteiger partial charge < -0.3 is 24.8 Å². The number of aliphatic hydroxyl groups excluding tert-OH is 1. The Bertz CT molecular complexity index is 1380. The van der Waals surface area contributed by atoms with E-state index in [2.05, 4.69) is 10.3 Å². The summed E-state index contributed by atoms with van der Waals surface area (Å²) in [7, 11) is 0. The lowest BCUT2D eigenvalue weighted by atomic mass is 9.49. The normalized spacial score (nSPS) is 23.9. The number of carbonyl (C=O) groups is 3. The first kappa shape index (κ1) is 33.0. The van der Waals surface area contributed by atoms with Crippen molar-refractivity contribution < 1.29 is 29.0 Å². The molecule has 4 aliphatic carbocycles. The molecule has 3 amide bonds. The number of hydrogen-bond acceptors (Lipinski definition) is 7. The fourth-order valence-electron chi connectivity index (χ4n) is 8.12. The number of aromatic nitrogens is 1. The van der Waals surface area contributed by atoms with Crippen LogP contribution in [0.2, 0.25) is 0 Å². The summed E-state index contributed by atoms with van der Waals surface area (Å²) in [6, 6.07) is 7.28. The summed E-state index contributed by atoms with van der Waals surface area (Å²) < 4.78 is 11.3. The van der Waals surface area contributed by atoms with E-state index in [9.17, 15) is 19.5 Å². The molecule has 0 unspecified atom stereocenters. The Morgan fingerprint density at radius 1 is 0.889 bits per heavy atom. The second-order valence-electron chi connectivity index (χ2n) is 15.5. The molecule has 1 aromatic heterocycles. The third-order valence-corrected chi connectivity index (χ3v) is 9.24.